The minimum atomic E-state index is 0.596. The Morgan fingerprint density at radius 1 is 1.00 bits per heavy atom. The molecule has 7 heteroatoms. The molecule has 0 saturated carbocycles. The van der Waals surface area contributed by atoms with Crippen LogP contribution >= 0.6 is 0 Å². The number of aromatic nitrogens is 7. The third-order valence-corrected chi connectivity index (χ3v) is 4.72. The van der Waals surface area contributed by atoms with E-state index in [4.69, 9.17) is 0 Å². The van der Waals surface area contributed by atoms with E-state index in [9.17, 15) is 0 Å². The number of aryl methyl sites for hydroxylation is 2. The summed E-state index contributed by atoms with van der Waals surface area (Å²) in [6.45, 7) is 4.87. The van der Waals surface area contributed by atoms with E-state index in [1.807, 2.05) is 29.8 Å². The summed E-state index contributed by atoms with van der Waals surface area (Å²) < 4.78 is 2.02. The van der Waals surface area contributed by atoms with Gasteiger partial charge in [-0.2, -0.15) is 10.3 Å². The Balaban J connectivity index is 1.58. The molecule has 0 aliphatic rings. The van der Waals surface area contributed by atoms with E-state index in [1.54, 1.807) is 0 Å². The first kappa shape index (κ1) is 18.0. The highest BCUT2D eigenvalue weighted by Gasteiger charge is 2.11. The molecule has 0 bridgehead atoms. The average molecular weight is 373 g/mol. The van der Waals surface area contributed by atoms with Crippen molar-refractivity contribution >= 4 is 0 Å². The Hall–Kier alpha value is -3.35. The molecular weight excluding hydrogens is 350 g/mol. The van der Waals surface area contributed by atoms with Crippen molar-refractivity contribution in [2.75, 3.05) is 0 Å². The van der Waals surface area contributed by atoms with Crippen LogP contribution in [0.2, 0.25) is 0 Å². The highest BCUT2D eigenvalue weighted by molar-refractivity contribution is 5.80. The molecule has 0 radical (unpaired) electrons. The van der Waals surface area contributed by atoms with E-state index in [1.165, 1.54) is 5.56 Å². The van der Waals surface area contributed by atoms with Crippen molar-refractivity contribution in [2.24, 2.45) is 0 Å². The van der Waals surface area contributed by atoms with E-state index < -0.39 is 0 Å². The van der Waals surface area contributed by atoms with Crippen molar-refractivity contribution in [1.82, 2.24) is 35.4 Å². The molecule has 2 heterocycles. The molecule has 0 atom stereocenters. The third kappa shape index (κ3) is 3.83. The summed E-state index contributed by atoms with van der Waals surface area (Å²) in [6.07, 6.45) is 3.25. The monoisotopic (exact) mass is 373 g/mol. The van der Waals surface area contributed by atoms with E-state index in [-0.39, 0.29) is 0 Å². The molecule has 0 aliphatic carbocycles. The minimum absolute atomic E-state index is 0.596. The molecule has 2 aromatic carbocycles. The Kier molecular flexibility index (Phi) is 5.23. The molecule has 0 fully saturated rings. The van der Waals surface area contributed by atoms with Crippen LogP contribution in [0, 0.1) is 6.92 Å². The molecule has 1 N–H and O–H groups in total. The van der Waals surface area contributed by atoms with Crippen LogP contribution in [-0.2, 0) is 13.0 Å². The van der Waals surface area contributed by atoms with Gasteiger partial charge in [-0.1, -0.05) is 61.9 Å². The molecule has 0 aliphatic heterocycles. The van der Waals surface area contributed by atoms with Gasteiger partial charge < -0.3 is 0 Å². The summed E-state index contributed by atoms with van der Waals surface area (Å²) in [5, 5.41) is 19.0. The zero-order chi connectivity index (χ0) is 19.3. The Morgan fingerprint density at radius 3 is 2.50 bits per heavy atom. The number of nitrogens with one attached hydrogen (secondary N) is 1. The van der Waals surface area contributed by atoms with Gasteiger partial charge in [-0.25, -0.2) is 9.67 Å². The summed E-state index contributed by atoms with van der Waals surface area (Å²) in [5.74, 6) is 2.49. The Morgan fingerprint density at radius 2 is 1.79 bits per heavy atom. The van der Waals surface area contributed by atoms with Gasteiger partial charge in [-0.05, 0) is 35.2 Å². The van der Waals surface area contributed by atoms with Gasteiger partial charge >= 0.3 is 0 Å². The van der Waals surface area contributed by atoms with Crippen molar-refractivity contribution in [3.8, 4) is 22.5 Å². The van der Waals surface area contributed by atoms with Crippen LogP contribution in [0.25, 0.3) is 22.5 Å². The topological polar surface area (TPSA) is 85.2 Å². The van der Waals surface area contributed by atoms with Gasteiger partial charge in [0.1, 0.15) is 11.6 Å². The lowest BCUT2D eigenvalue weighted by molar-refractivity contribution is 0.616. The fourth-order valence-corrected chi connectivity index (χ4v) is 3.31. The van der Waals surface area contributed by atoms with Crippen LogP contribution in [0.3, 0.4) is 0 Å². The summed E-state index contributed by atoms with van der Waals surface area (Å²) in [6, 6.07) is 16.6. The first-order valence-electron chi connectivity index (χ1n) is 9.57. The highest BCUT2D eigenvalue weighted by atomic mass is 15.5. The molecule has 4 aromatic rings. The molecular formula is C21H23N7. The number of aromatic amines is 1. The van der Waals surface area contributed by atoms with Crippen molar-refractivity contribution in [1.29, 1.82) is 0 Å². The number of tetrazole rings is 1. The largest absolute Gasteiger partial charge is 0.245 e. The van der Waals surface area contributed by atoms with Gasteiger partial charge in [0.15, 0.2) is 0 Å². The van der Waals surface area contributed by atoms with Gasteiger partial charge in [-0.15, -0.1) is 10.2 Å². The lowest BCUT2D eigenvalue weighted by Crippen LogP contribution is -2.07. The number of nitrogens with zero attached hydrogens (tertiary/aromatic N) is 6. The maximum Gasteiger partial charge on any atom is 0.205 e. The van der Waals surface area contributed by atoms with Gasteiger partial charge in [0, 0.05) is 12.0 Å². The molecule has 0 unspecified atom stereocenters. The molecule has 142 valence electrons. The van der Waals surface area contributed by atoms with Crippen molar-refractivity contribution in [3.05, 3.63) is 65.7 Å². The number of unbranched alkanes of at least 4 members (excludes halogenated alkanes) is 1. The fourth-order valence-electron chi connectivity index (χ4n) is 3.31. The fraction of sp³-hybridized carbons (Fsp3) is 0.286. The van der Waals surface area contributed by atoms with Crippen LogP contribution in [0.4, 0.5) is 0 Å². The van der Waals surface area contributed by atoms with Crippen LogP contribution in [-0.4, -0.2) is 35.4 Å². The van der Waals surface area contributed by atoms with E-state index in [0.29, 0.717) is 5.82 Å². The maximum atomic E-state index is 4.58. The highest BCUT2D eigenvalue weighted by Crippen LogP contribution is 2.29. The van der Waals surface area contributed by atoms with E-state index in [0.717, 1.165) is 54.1 Å². The lowest BCUT2D eigenvalue weighted by atomic mass is 9.98. The Bertz CT molecular complexity index is 1030. The average Bonchev–Trinajstić information content (AvgIpc) is 3.37. The van der Waals surface area contributed by atoms with Crippen LogP contribution in [0.5, 0.6) is 0 Å². The molecule has 0 saturated heterocycles. The van der Waals surface area contributed by atoms with Crippen LogP contribution in [0.15, 0.2) is 48.5 Å². The standard InChI is InChI=1S/C21H23N7/c1-3-4-9-20-22-15(2)25-28(20)14-16-10-12-17(13-11-16)18-7-5-6-8-19(18)21-23-26-27-24-21/h5-8,10-13H,3-4,9,14H2,1-2H3,(H,23,24,26,27). The van der Waals surface area contributed by atoms with Crippen molar-refractivity contribution < 1.29 is 0 Å². The van der Waals surface area contributed by atoms with Crippen molar-refractivity contribution in [2.45, 2.75) is 39.7 Å². The van der Waals surface area contributed by atoms with Crippen LogP contribution < -0.4 is 0 Å². The number of hydrogen-bond donors (Lipinski definition) is 1. The van der Waals surface area contributed by atoms with E-state index in [2.05, 4.69) is 68.0 Å². The number of benzene rings is 2. The molecule has 0 amide bonds. The van der Waals surface area contributed by atoms with Gasteiger partial charge in [0.05, 0.1) is 6.54 Å². The first-order chi connectivity index (χ1) is 13.7. The summed E-state index contributed by atoms with van der Waals surface area (Å²) >= 11 is 0. The molecule has 28 heavy (non-hydrogen) atoms. The number of hydrogen-bond acceptors (Lipinski definition) is 5. The van der Waals surface area contributed by atoms with Gasteiger partial charge in [0.2, 0.25) is 5.82 Å². The number of rotatable bonds is 7. The first-order valence-corrected chi connectivity index (χ1v) is 9.57. The molecule has 2 aromatic heterocycles. The van der Waals surface area contributed by atoms with Crippen molar-refractivity contribution in [3.63, 3.8) is 0 Å². The molecule has 0 spiro atoms. The predicted molar refractivity (Wildman–Crippen MR) is 108 cm³/mol. The minimum Gasteiger partial charge on any atom is -0.245 e. The second kappa shape index (κ2) is 8.12. The van der Waals surface area contributed by atoms with Crippen LogP contribution in [0.1, 0.15) is 37.0 Å². The van der Waals surface area contributed by atoms with Gasteiger partial charge in [-0.3, -0.25) is 0 Å². The normalized spacial score (nSPS) is 11.1. The zero-order valence-corrected chi connectivity index (χ0v) is 16.1. The SMILES string of the molecule is CCCCc1nc(C)nn1Cc1ccc(-c2ccccc2-c2nn[nH]n2)cc1. The second-order valence-electron chi connectivity index (χ2n) is 6.81. The zero-order valence-electron chi connectivity index (χ0n) is 16.1. The lowest BCUT2D eigenvalue weighted by Gasteiger charge is -2.09. The third-order valence-electron chi connectivity index (χ3n) is 4.72. The smallest absolute Gasteiger partial charge is 0.205 e. The quantitative estimate of drug-likeness (QED) is 0.532. The predicted octanol–water partition coefficient (Wildman–Crippen LogP) is 3.82. The maximum absolute atomic E-state index is 4.58. The number of H-pyrrole nitrogens is 1. The molecule has 4 rings (SSSR count). The summed E-state index contributed by atoms with van der Waals surface area (Å²) in [7, 11) is 0. The molecule has 7 nitrogen and oxygen atoms in total. The Labute approximate surface area is 163 Å². The second-order valence-corrected chi connectivity index (χ2v) is 6.81. The summed E-state index contributed by atoms with van der Waals surface area (Å²) in [5.41, 5.74) is 4.35. The summed E-state index contributed by atoms with van der Waals surface area (Å²) in [4.78, 5) is 4.58. The van der Waals surface area contributed by atoms with Gasteiger partial charge in [0.25, 0.3) is 0 Å². The van der Waals surface area contributed by atoms with E-state index >= 15 is 0 Å².